The largest absolute Gasteiger partial charge is 0.424 e. The van der Waals surface area contributed by atoms with Gasteiger partial charge in [0.2, 0.25) is 0 Å². The standard InChI is InChI=1S/C12H16BrNO2/c1-8(2)7-10(14)12(15)16-11-6-4-3-5-9(11)13/h3-6,8,10H,7,14H2,1-2H3. The molecule has 2 N–H and O–H groups in total. The second-order valence-corrected chi connectivity index (χ2v) is 4.94. The minimum absolute atomic E-state index is 0.377. The molecule has 0 amide bonds. The number of rotatable bonds is 4. The molecule has 3 nitrogen and oxygen atoms in total. The summed E-state index contributed by atoms with van der Waals surface area (Å²) in [7, 11) is 0. The van der Waals surface area contributed by atoms with Crippen LogP contribution >= 0.6 is 15.9 Å². The Hall–Kier alpha value is -0.870. The maximum Gasteiger partial charge on any atom is 0.328 e. The first-order valence-electron chi connectivity index (χ1n) is 5.22. The Labute approximate surface area is 104 Å². The minimum Gasteiger partial charge on any atom is -0.424 e. The lowest BCUT2D eigenvalue weighted by molar-refractivity contribution is -0.136. The highest BCUT2D eigenvalue weighted by molar-refractivity contribution is 9.10. The van der Waals surface area contributed by atoms with Crippen LogP contribution in [0.2, 0.25) is 0 Å². The molecule has 1 rings (SSSR count). The molecule has 0 fully saturated rings. The van der Waals surface area contributed by atoms with E-state index in [1.54, 1.807) is 12.1 Å². The molecular weight excluding hydrogens is 270 g/mol. The Morgan fingerprint density at radius 3 is 2.62 bits per heavy atom. The van der Waals surface area contributed by atoms with Crippen molar-refractivity contribution in [1.82, 2.24) is 0 Å². The molecule has 1 atom stereocenters. The average molecular weight is 286 g/mol. The summed E-state index contributed by atoms with van der Waals surface area (Å²) < 4.78 is 5.95. The topological polar surface area (TPSA) is 52.3 Å². The van der Waals surface area contributed by atoms with Gasteiger partial charge in [-0.3, -0.25) is 0 Å². The van der Waals surface area contributed by atoms with E-state index < -0.39 is 6.04 Å². The van der Waals surface area contributed by atoms with Crippen LogP contribution in [0.3, 0.4) is 0 Å². The number of benzene rings is 1. The van der Waals surface area contributed by atoms with Gasteiger partial charge in [0.1, 0.15) is 11.8 Å². The molecule has 0 saturated heterocycles. The third-order valence-corrected chi connectivity index (χ3v) is 2.73. The number of hydrogen-bond donors (Lipinski definition) is 1. The van der Waals surface area contributed by atoms with Crippen LogP contribution in [0.1, 0.15) is 20.3 Å². The second-order valence-electron chi connectivity index (χ2n) is 4.09. The van der Waals surface area contributed by atoms with Crippen LogP contribution in [0.4, 0.5) is 0 Å². The van der Waals surface area contributed by atoms with Gasteiger partial charge in [0.15, 0.2) is 0 Å². The average Bonchev–Trinajstić information content (AvgIpc) is 2.20. The van der Waals surface area contributed by atoms with Crippen LogP contribution in [0, 0.1) is 5.92 Å². The first-order chi connectivity index (χ1) is 7.50. The van der Waals surface area contributed by atoms with Crippen LogP contribution in [-0.2, 0) is 4.79 Å². The number of carbonyl (C=O) groups excluding carboxylic acids is 1. The van der Waals surface area contributed by atoms with Gasteiger partial charge in [-0.25, -0.2) is 4.79 Å². The number of carbonyl (C=O) groups is 1. The van der Waals surface area contributed by atoms with E-state index in [4.69, 9.17) is 10.5 Å². The van der Waals surface area contributed by atoms with E-state index in [0.717, 1.165) is 4.47 Å². The summed E-state index contributed by atoms with van der Waals surface area (Å²) in [6, 6.07) is 6.64. The van der Waals surface area contributed by atoms with Crippen molar-refractivity contribution in [2.45, 2.75) is 26.3 Å². The quantitative estimate of drug-likeness (QED) is 0.684. The summed E-state index contributed by atoms with van der Waals surface area (Å²) in [5.41, 5.74) is 5.73. The van der Waals surface area contributed by atoms with E-state index in [2.05, 4.69) is 15.9 Å². The smallest absolute Gasteiger partial charge is 0.328 e. The highest BCUT2D eigenvalue weighted by Gasteiger charge is 2.17. The van der Waals surface area contributed by atoms with Crippen LogP contribution < -0.4 is 10.5 Å². The van der Waals surface area contributed by atoms with Gasteiger partial charge < -0.3 is 10.5 Å². The third kappa shape index (κ3) is 3.94. The van der Waals surface area contributed by atoms with Crippen LogP contribution in [-0.4, -0.2) is 12.0 Å². The van der Waals surface area contributed by atoms with E-state index in [-0.39, 0.29) is 5.97 Å². The van der Waals surface area contributed by atoms with Crippen LogP contribution in [0.25, 0.3) is 0 Å². The lowest BCUT2D eigenvalue weighted by Crippen LogP contribution is -2.35. The zero-order chi connectivity index (χ0) is 12.1. The monoisotopic (exact) mass is 285 g/mol. The normalized spacial score (nSPS) is 12.6. The first kappa shape index (κ1) is 13.2. The van der Waals surface area contributed by atoms with Gasteiger partial charge in [0.05, 0.1) is 4.47 Å². The highest BCUT2D eigenvalue weighted by Crippen LogP contribution is 2.24. The summed E-state index contributed by atoms with van der Waals surface area (Å²) in [6.07, 6.45) is 0.628. The Kier molecular flexibility index (Phi) is 4.96. The molecule has 16 heavy (non-hydrogen) atoms. The van der Waals surface area contributed by atoms with Crippen LogP contribution in [0.5, 0.6) is 5.75 Å². The van der Waals surface area contributed by atoms with E-state index >= 15 is 0 Å². The van der Waals surface area contributed by atoms with E-state index in [1.165, 1.54) is 0 Å². The first-order valence-corrected chi connectivity index (χ1v) is 6.01. The van der Waals surface area contributed by atoms with Crippen molar-refractivity contribution >= 4 is 21.9 Å². The van der Waals surface area contributed by atoms with Gasteiger partial charge in [0.25, 0.3) is 0 Å². The van der Waals surface area contributed by atoms with Gasteiger partial charge in [-0.1, -0.05) is 26.0 Å². The van der Waals surface area contributed by atoms with Crippen molar-refractivity contribution in [3.05, 3.63) is 28.7 Å². The van der Waals surface area contributed by atoms with Crippen molar-refractivity contribution in [1.29, 1.82) is 0 Å². The third-order valence-electron chi connectivity index (χ3n) is 2.08. The van der Waals surface area contributed by atoms with Crippen molar-refractivity contribution < 1.29 is 9.53 Å². The molecule has 0 radical (unpaired) electrons. The van der Waals surface area contributed by atoms with Crippen molar-refractivity contribution in [2.75, 3.05) is 0 Å². The number of halogens is 1. The zero-order valence-corrected chi connectivity index (χ0v) is 11.0. The van der Waals surface area contributed by atoms with Gasteiger partial charge in [0, 0.05) is 0 Å². The predicted molar refractivity (Wildman–Crippen MR) is 67.2 cm³/mol. The Morgan fingerprint density at radius 1 is 1.44 bits per heavy atom. The van der Waals surface area contributed by atoms with Gasteiger partial charge in [-0.15, -0.1) is 0 Å². The van der Waals surface area contributed by atoms with Crippen molar-refractivity contribution in [3.63, 3.8) is 0 Å². The predicted octanol–water partition coefficient (Wildman–Crippen LogP) is 2.73. The van der Waals surface area contributed by atoms with Gasteiger partial charge >= 0.3 is 5.97 Å². The van der Waals surface area contributed by atoms with E-state index in [1.807, 2.05) is 26.0 Å². The molecule has 0 aliphatic rings. The maximum atomic E-state index is 11.6. The van der Waals surface area contributed by atoms with Gasteiger partial charge in [-0.05, 0) is 40.4 Å². The number of esters is 1. The van der Waals surface area contributed by atoms with Crippen molar-refractivity contribution in [2.24, 2.45) is 11.7 Å². The van der Waals surface area contributed by atoms with E-state index in [9.17, 15) is 4.79 Å². The number of para-hydroxylation sites is 1. The van der Waals surface area contributed by atoms with Crippen molar-refractivity contribution in [3.8, 4) is 5.75 Å². The molecular formula is C12H16BrNO2. The molecule has 1 unspecified atom stereocenters. The Morgan fingerprint density at radius 2 is 2.06 bits per heavy atom. The molecule has 0 aliphatic carbocycles. The molecule has 1 aromatic rings. The molecule has 0 spiro atoms. The fourth-order valence-corrected chi connectivity index (χ4v) is 1.68. The lowest BCUT2D eigenvalue weighted by Gasteiger charge is -2.13. The zero-order valence-electron chi connectivity index (χ0n) is 9.44. The Balaban J connectivity index is 2.61. The fraction of sp³-hybridized carbons (Fsp3) is 0.417. The molecule has 0 heterocycles. The molecule has 0 aliphatic heterocycles. The molecule has 0 bridgehead atoms. The summed E-state index contributed by atoms with van der Waals surface area (Å²) in [5.74, 6) is 0.495. The fourth-order valence-electron chi connectivity index (χ4n) is 1.32. The summed E-state index contributed by atoms with van der Waals surface area (Å²) >= 11 is 3.31. The molecule has 4 heteroatoms. The SMILES string of the molecule is CC(C)CC(N)C(=O)Oc1ccccc1Br. The lowest BCUT2D eigenvalue weighted by atomic mass is 10.1. The second kappa shape index (κ2) is 6.01. The minimum atomic E-state index is -0.563. The Bertz CT molecular complexity index is 366. The highest BCUT2D eigenvalue weighted by atomic mass is 79.9. The van der Waals surface area contributed by atoms with Gasteiger partial charge in [-0.2, -0.15) is 0 Å². The number of hydrogen-bond acceptors (Lipinski definition) is 3. The molecule has 0 aromatic heterocycles. The number of nitrogens with two attached hydrogens (primary N) is 1. The molecule has 88 valence electrons. The maximum absolute atomic E-state index is 11.6. The van der Waals surface area contributed by atoms with Crippen LogP contribution in [0.15, 0.2) is 28.7 Å². The summed E-state index contributed by atoms with van der Waals surface area (Å²) in [5, 5.41) is 0. The van der Waals surface area contributed by atoms with E-state index in [0.29, 0.717) is 18.1 Å². The molecule has 0 saturated carbocycles. The summed E-state index contributed by atoms with van der Waals surface area (Å²) in [4.78, 5) is 11.6. The summed E-state index contributed by atoms with van der Waals surface area (Å²) in [6.45, 7) is 4.04. The molecule has 1 aromatic carbocycles. The number of ether oxygens (including phenoxy) is 1.